The molecule has 0 aliphatic rings. The van der Waals surface area contributed by atoms with Gasteiger partial charge in [0.25, 0.3) is 0 Å². The molecule has 0 radical (unpaired) electrons. The molecule has 4 nitrogen and oxygen atoms in total. The Bertz CT molecular complexity index is 553. The van der Waals surface area contributed by atoms with Crippen LogP contribution in [0.3, 0.4) is 0 Å². The monoisotopic (exact) mass is 299 g/mol. The minimum atomic E-state index is -0.196. The molecule has 0 amide bonds. The quantitative estimate of drug-likeness (QED) is 0.801. The Hall–Kier alpha value is -1.20. The number of hydrogen-bond donors (Lipinski definition) is 0. The highest BCUT2D eigenvalue weighted by Gasteiger charge is 2.17. The fraction of sp³-hybridized carbons (Fsp3) is 0.100. The van der Waals surface area contributed by atoms with Crippen LogP contribution < -0.4 is 0 Å². The summed E-state index contributed by atoms with van der Waals surface area (Å²) in [4.78, 5) is 12.1. The van der Waals surface area contributed by atoms with E-state index in [1.807, 2.05) is 0 Å². The van der Waals surface area contributed by atoms with Crippen molar-refractivity contribution in [2.45, 2.75) is 0 Å². The number of benzene rings is 1. The van der Waals surface area contributed by atoms with E-state index in [1.54, 1.807) is 25.2 Å². The van der Waals surface area contributed by atoms with Crippen LogP contribution in [0.25, 0.3) is 0 Å². The molecular weight excluding hydrogens is 293 g/mol. The second-order valence-corrected chi connectivity index (χ2v) is 4.41. The van der Waals surface area contributed by atoms with Gasteiger partial charge in [-0.25, -0.2) is 4.68 Å². The average Bonchev–Trinajstić information content (AvgIpc) is 2.68. The first-order chi connectivity index (χ1) is 7.61. The maximum Gasteiger partial charge on any atom is 0.214 e. The lowest BCUT2D eigenvalue weighted by molar-refractivity contribution is 0.103. The number of ketones is 1. The molecule has 1 heterocycles. The predicted molar refractivity (Wildman–Crippen MR) is 63.6 cm³/mol. The molecule has 1 aromatic carbocycles. The Labute approximate surface area is 105 Å². The van der Waals surface area contributed by atoms with Crippen molar-refractivity contribution in [1.82, 2.24) is 15.0 Å². The van der Waals surface area contributed by atoms with Gasteiger partial charge in [0, 0.05) is 17.1 Å². The minimum absolute atomic E-state index is 0.196. The Balaban J connectivity index is 2.50. The SMILES string of the molecule is Cn1nncc1C(=O)c1cccc(Br)c1Cl. The lowest BCUT2D eigenvalue weighted by Gasteiger charge is -2.04. The molecule has 0 atom stereocenters. The molecule has 0 bridgehead atoms. The van der Waals surface area contributed by atoms with Crippen molar-refractivity contribution < 1.29 is 4.79 Å². The number of hydrogen-bond acceptors (Lipinski definition) is 3. The highest BCUT2D eigenvalue weighted by Crippen LogP contribution is 2.27. The minimum Gasteiger partial charge on any atom is -0.287 e. The van der Waals surface area contributed by atoms with E-state index >= 15 is 0 Å². The standard InChI is InChI=1S/C10H7BrClN3O/c1-15-8(5-13-14-15)10(16)6-3-2-4-7(11)9(6)12/h2-5H,1H3. The first-order valence-electron chi connectivity index (χ1n) is 4.44. The van der Waals surface area contributed by atoms with Gasteiger partial charge in [-0.15, -0.1) is 5.10 Å². The summed E-state index contributed by atoms with van der Waals surface area (Å²) >= 11 is 9.31. The van der Waals surface area contributed by atoms with Gasteiger partial charge < -0.3 is 0 Å². The van der Waals surface area contributed by atoms with Crippen molar-refractivity contribution in [2.75, 3.05) is 0 Å². The van der Waals surface area contributed by atoms with Gasteiger partial charge >= 0.3 is 0 Å². The molecule has 82 valence electrons. The maximum atomic E-state index is 12.1. The van der Waals surface area contributed by atoms with Gasteiger partial charge in [-0.3, -0.25) is 4.79 Å². The third-order valence-electron chi connectivity index (χ3n) is 2.14. The number of nitrogens with zero attached hydrogens (tertiary/aromatic N) is 3. The summed E-state index contributed by atoms with van der Waals surface area (Å²) in [5, 5.41) is 7.76. The van der Waals surface area contributed by atoms with Gasteiger partial charge in [0.1, 0.15) is 5.69 Å². The topological polar surface area (TPSA) is 47.8 Å². The van der Waals surface area contributed by atoms with Crippen LogP contribution in [0, 0.1) is 0 Å². The van der Waals surface area contributed by atoms with E-state index in [2.05, 4.69) is 26.2 Å². The van der Waals surface area contributed by atoms with Gasteiger partial charge in [0.2, 0.25) is 5.78 Å². The Morgan fingerprint density at radius 3 is 2.88 bits per heavy atom. The summed E-state index contributed by atoms with van der Waals surface area (Å²) in [6.07, 6.45) is 1.42. The van der Waals surface area contributed by atoms with Crippen molar-refractivity contribution >= 4 is 33.3 Å². The summed E-state index contributed by atoms with van der Waals surface area (Å²) < 4.78 is 2.11. The van der Waals surface area contributed by atoms with Crippen molar-refractivity contribution in [2.24, 2.45) is 7.05 Å². The van der Waals surface area contributed by atoms with Crippen LogP contribution in [0.4, 0.5) is 0 Å². The van der Waals surface area contributed by atoms with E-state index in [1.165, 1.54) is 10.9 Å². The molecule has 1 aromatic heterocycles. The Morgan fingerprint density at radius 2 is 2.25 bits per heavy atom. The zero-order chi connectivity index (χ0) is 11.7. The van der Waals surface area contributed by atoms with E-state index in [4.69, 9.17) is 11.6 Å². The molecule has 0 spiro atoms. The molecule has 2 rings (SSSR count). The van der Waals surface area contributed by atoms with Crippen molar-refractivity contribution in [1.29, 1.82) is 0 Å². The molecule has 0 unspecified atom stereocenters. The number of aromatic nitrogens is 3. The van der Waals surface area contributed by atoms with Crippen LogP contribution in [0.2, 0.25) is 5.02 Å². The Morgan fingerprint density at radius 1 is 1.50 bits per heavy atom. The molecule has 0 saturated carbocycles. The largest absolute Gasteiger partial charge is 0.287 e. The molecular formula is C10H7BrClN3O. The number of halogens is 2. The van der Waals surface area contributed by atoms with Crippen LogP contribution >= 0.6 is 27.5 Å². The number of rotatable bonds is 2. The van der Waals surface area contributed by atoms with Crippen LogP contribution in [0.1, 0.15) is 16.1 Å². The lowest BCUT2D eigenvalue weighted by Crippen LogP contribution is -2.08. The highest BCUT2D eigenvalue weighted by atomic mass is 79.9. The summed E-state index contributed by atoms with van der Waals surface area (Å²) in [5.41, 5.74) is 0.835. The van der Waals surface area contributed by atoms with E-state index in [-0.39, 0.29) is 5.78 Å². The van der Waals surface area contributed by atoms with Crippen LogP contribution in [0.15, 0.2) is 28.9 Å². The molecule has 0 saturated heterocycles. The van der Waals surface area contributed by atoms with E-state index < -0.39 is 0 Å². The zero-order valence-electron chi connectivity index (χ0n) is 8.32. The van der Waals surface area contributed by atoms with Gasteiger partial charge in [-0.1, -0.05) is 22.9 Å². The zero-order valence-corrected chi connectivity index (χ0v) is 10.7. The number of aryl methyl sites for hydroxylation is 1. The summed E-state index contributed by atoms with van der Waals surface area (Å²) in [6, 6.07) is 5.20. The smallest absolute Gasteiger partial charge is 0.214 e. The third-order valence-corrected chi connectivity index (χ3v) is 3.44. The van der Waals surface area contributed by atoms with Crippen LogP contribution in [0.5, 0.6) is 0 Å². The summed E-state index contributed by atoms with van der Waals surface area (Å²) in [6.45, 7) is 0. The van der Waals surface area contributed by atoms with Gasteiger partial charge in [-0.2, -0.15) is 0 Å². The maximum absolute atomic E-state index is 12.1. The van der Waals surface area contributed by atoms with Gasteiger partial charge in [0.15, 0.2) is 0 Å². The molecule has 0 N–H and O–H groups in total. The number of carbonyl (C=O) groups is 1. The van der Waals surface area contributed by atoms with E-state index in [0.717, 1.165) is 0 Å². The Kier molecular flexibility index (Phi) is 3.07. The first kappa shape index (κ1) is 11.3. The average molecular weight is 301 g/mol. The second kappa shape index (κ2) is 4.35. The van der Waals surface area contributed by atoms with E-state index in [0.29, 0.717) is 20.8 Å². The second-order valence-electron chi connectivity index (χ2n) is 3.17. The third kappa shape index (κ3) is 1.88. The normalized spacial score (nSPS) is 10.4. The molecule has 0 fully saturated rings. The molecule has 0 aliphatic carbocycles. The first-order valence-corrected chi connectivity index (χ1v) is 5.61. The van der Waals surface area contributed by atoms with Crippen LogP contribution in [-0.2, 0) is 7.05 Å². The van der Waals surface area contributed by atoms with Crippen molar-refractivity contribution in [3.63, 3.8) is 0 Å². The fourth-order valence-electron chi connectivity index (χ4n) is 1.31. The molecule has 16 heavy (non-hydrogen) atoms. The van der Waals surface area contributed by atoms with Gasteiger partial charge in [0.05, 0.1) is 11.2 Å². The molecule has 2 aromatic rings. The fourth-order valence-corrected chi connectivity index (χ4v) is 1.89. The molecule has 0 aliphatic heterocycles. The predicted octanol–water partition coefficient (Wildman–Crippen LogP) is 2.46. The van der Waals surface area contributed by atoms with Crippen molar-refractivity contribution in [3.05, 3.63) is 45.1 Å². The highest BCUT2D eigenvalue weighted by molar-refractivity contribution is 9.10. The molecule has 6 heteroatoms. The number of carbonyl (C=O) groups excluding carboxylic acids is 1. The summed E-state index contributed by atoms with van der Waals surface area (Å²) in [7, 11) is 1.66. The lowest BCUT2D eigenvalue weighted by atomic mass is 10.1. The summed E-state index contributed by atoms with van der Waals surface area (Å²) in [5.74, 6) is -0.196. The van der Waals surface area contributed by atoms with E-state index in [9.17, 15) is 4.79 Å². The van der Waals surface area contributed by atoms with Crippen LogP contribution in [-0.4, -0.2) is 20.8 Å². The van der Waals surface area contributed by atoms with Crippen molar-refractivity contribution in [3.8, 4) is 0 Å². The van der Waals surface area contributed by atoms with Gasteiger partial charge in [-0.05, 0) is 28.1 Å².